The van der Waals surface area contributed by atoms with Gasteiger partial charge in [-0.15, -0.1) is 0 Å². The van der Waals surface area contributed by atoms with Crippen molar-refractivity contribution in [3.63, 3.8) is 0 Å². The van der Waals surface area contributed by atoms with Gasteiger partial charge in [-0.2, -0.15) is 0 Å². The molecule has 4 heteroatoms. The third-order valence-corrected chi connectivity index (χ3v) is 3.13. The Kier molecular flexibility index (Phi) is 4.22. The number of aromatic nitrogens is 1. The van der Waals surface area contributed by atoms with E-state index in [1.807, 2.05) is 42.6 Å². The van der Waals surface area contributed by atoms with Crippen molar-refractivity contribution in [3.05, 3.63) is 41.2 Å². The summed E-state index contributed by atoms with van der Waals surface area (Å²) in [5, 5.41) is 0. The molecule has 4 nitrogen and oxygen atoms in total. The smallest absolute Gasteiger partial charge is 0.340 e. The van der Waals surface area contributed by atoms with Gasteiger partial charge in [-0.3, -0.25) is 0 Å². The van der Waals surface area contributed by atoms with Crippen LogP contribution in [0.4, 0.5) is 0 Å². The first-order valence-electron chi connectivity index (χ1n) is 6.44. The summed E-state index contributed by atoms with van der Waals surface area (Å²) in [5.74, 6) is -0.266. The first-order valence-corrected chi connectivity index (χ1v) is 6.44. The third-order valence-electron chi connectivity index (χ3n) is 3.13. The number of nitrogens with zero attached hydrogens (tertiary/aromatic N) is 1. The number of pyridine rings is 1. The zero-order chi connectivity index (χ0) is 13.8. The maximum absolute atomic E-state index is 12.0. The molecule has 0 saturated carbocycles. The molecular formula is C15H19NO3. The molecule has 2 heterocycles. The second kappa shape index (κ2) is 5.89. The van der Waals surface area contributed by atoms with Gasteiger partial charge in [0.1, 0.15) is 0 Å². The minimum Gasteiger partial charge on any atom is -0.462 e. The molecule has 0 aliphatic rings. The van der Waals surface area contributed by atoms with Crippen LogP contribution in [0.2, 0.25) is 0 Å². The number of hydrogen-bond donors (Lipinski definition) is 0. The number of ether oxygens (including phenoxy) is 2. The summed E-state index contributed by atoms with van der Waals surface area (Å²) in [6, 6.07) is 5.88. The molecule has 0 amide bonds. The normalized spacial score (nSPS) is 10.9. The van der Waals surface area contributed by atoms with E-state index in [0.717, 1.165) is 23.2 Å². The van der Waals surface area contributed by atoms with Crippen LogP contribution in [-0.4, -0.2) is 30.7 Å². The Morgan fingerprint density at radius 2 is 2.21 bits per heavy atom. The van der Waals surface area contributed by atoms with E-state index >= 15 is 0 Å². The van der Waals surface area contributed by atoms with Crippen LogP contribution in [0.15, 0.2) is 24.4 Å². The van der Waals surface area contributed by atoms with Crippen LogP contribution in [0.1, 0.15) is 28.5 Å². The maximum Gasteiger partial charge on any atom is 0.340 e. The van der Waals surface area contributed by atoms with Gasteiger partial charge >= 0.3 is 5.97 Å². The van der Waals surface area contributed by atoms with E-state index in [0.29, 0.717) is 18.8 Å². The van der Waals surface area contributed by atoms with Crippen molar-refractivity contribution in [2.24, 2.45) is 0 Å². The Bertz CT molecular complexity index is 586. The number of carbonyl (C=O) groups excluding carboxylic acids is 1. The molecule has 0 aliphatic heterocycles. The first kappa shape index (κ1) is 13.6. The van der Waals surface area contributed by atoms with E-state index in [4.69, 9.17) is 9.47 Å². The summed E-state index contributed by atoms with van der Waals surface area (Å²) in [4.78, 5) is 12.0. The highest BCUT2D eigenvalue weighted by Crippen LogP contribution is 2.22. The zero-order valence-electron chi connectivity index (χ0n) is 11.6. The average molecular weight is 261 g/mol. The molecular weight excluding hydrogens is 242 g/mol. The summed E-state index contributed by atoms with van der Waals surface area (Å²) in [6.07, 6.45) is 2.73. The number of hydrogen-bond acceptors (Lipinski definition) is 3. The molecule has 2 rings (SSSR count). The van der Waals surface area contributed by atoms with Gasteiger partial charge in [0.25, 0.3) is 0 Å². The molecule has 19 heavy (non-hydrogen) atoms. The molecule has 0 bridgehead atoms. The van der Waals surface area contributed by atoms with Gasteiger partial charge in [0, 0.05) is 25.4 Å². The Balaban J connectivity index is 2.53. The second-order valence-corrected chi connectivity index (χ2v) is 4.42. The number of rotatable bonds is 5. The van der Waals surface area contributed by atoms with Crippen molar-refractivity contribution in [1.82, 2.24) is 4.40 Å². The second-order valence-electron chi connectivity index (χ2n) is 4.42. The molecule has 0 fully saturated rings. The van der Waals surface area contributed by atoms with Crippen LogP contribution in [0.5, 0.6) is 0 Å². The summed E-state index contributed by atoms with van der Waals surface area (Å²) < 4.78 is 12.3. The Morgan fingerprint density at radius 1 is 1.42 bits per heavy atom. The van der Waals surface area contributed by atoms with Crippen LogP contribution in [0.25, 0.3) is 5.52 Å². The van der Waals surface area contributed by atoms with Gasteiger partial charge in [0.05, 0.1) is 24.3 Å². The minimum atomic E-state index is -0.266. The number of aryl methyl sites for hydroxylation is 1. The quantitative estimate of drug-likeness (QED) is 0.777. The van der Waals surface area contributed by atoms with Crippen molar-refractivity contribution in [3.8, 4) is 0 Å². The van der Waals surface area contributed by atoms with Gasteiger partial charge in [0.15, 0.2) is 0 Å². The SMILES string of the molecule is CCOC(=O)c1cc(CCOC)n2cccc(C)c12. The molecule has 0 spiro atoms. The van der Waals surface area contributed by atoms with Crippen molar-refractivity contribution in [1.29, 1.82) is 0 Å². The molecule has 0 saturated heterocycles. The lowest BCUT2D eigenvalue weighted by molar-refractivity contribution is 0.0528. The van der Waals surface area contributed by atoms with Crippen molar-refractivity contribution >= 4 is 11.5 Å². The number of methoxy groups -OCH3 is 1. The topological polar surface area (TPSA) is 39.9 Å². The number of esters is 1. The van der Waals surface area contributed by atoms with Crippen molar-refractivity contribution in [2.45, 2.75) is 20.3 Å². The van der Waals surface area contributed by atoms with E-state index in [1.165, 1.54) is 0 Å². The van der Waals surface area contributed by atoms with E-state index in [-0.39, 0.29) is 5.97 Å². The van der Waals surface area contributed by atoms with Crippen LogP contribution >= 0.6 is 0 Å². The zero-order valence-corrected chi connectivity index (χ0v) is 11.6. The fourth-order valence-corrected chi connectivity index (χ4v) is 2.27. The average Bonchev–Trinajstić information content (AvgIpc) is 2.77. The monoisotopic (exact) mass is 261 g/mol. The molecule has 0 aromatic carbocycles. The molecule has 0 unspecified atom stereocenters. The Labute approximate surface area is 112 Å². The summed E-state index contributed by atoms with van der Waals surface area (Å²) in [5.41, 5.74) is 3.68. The van der Waals surface area contributed by atoms with Crippen LogP contribution in [-0.2, 0) is 15.9 Å². The Morgan fingerprint density at radius 3 is 2.89 bits per heavy atom. The molecule has 102 valence electrons. The fraction of sp³-hybridized carbons (Fsp3) is 0.400. The van der Waals surface area contributed by atoms with Gasteiger partial charge in [-0.1, -0.05) is 6.07 Å². The van der Waals surface area contributed by atoms with E-state index in [2.05, 4.69) is 0 Å². The molecule has 0 N–H and O–H groups in total. The molecule has 0 aliphatic carbocycles. The van der Waals surface area contributed by atoms with E-state index < -0.39 is 0 Å². The number of fused-ring (bicyclic) bond motifs is 1. The fourth-order valence-electron chi connectivity index (χ4n) is 2.27. The summed E-state index contributed by atoms with van der Waals surface area (Å²) in [7, 11) is 1.67. The van der Waals surface area contributed by atoms with Crippen molar-refractivity contribution < 1.29 is 14.3 Å². The highest BCUT2D eigenvalue weighted by atomic mass is 16.5. The van der Waals surface area contributed by atoms with Crippen LogP contribution in [0.3, 0.4) is 0 Å². The van der Waals surface area contributed by atoms with Crippen LogP contribution < -0.4 is 0 Å². The summed E-state index contributed by atoms with van der Waals surface area (Å²) in [6.45, 7) is 4.82. The van der Waals surface area contributed by atoms with Gasteiger partial charge in [-0.25, -0.2) is 4.79 Å². The predicted molar refractivity (Wildman–Crippen MR) is 73.7 cm³/mol. The number of carbonyl (C=O) groups is 1. The Hall–Kier alpha value is -1.81. The molecule has 0 radical (unpaired) electrons. The highest BCUT2D eigenvalue weighted by molar-refractivity contribution is 5.98. The van der Waals surface area contributed by atoms with E-state index in [1.54, 1.807) is 7.11 Å². The lowest BCUT2D eigenvalue weighted by atomic mass is 10.2. The third kappa shape index (κ3) is 2.63. The predicted octanol–water partition coefficient (Wildman–Crippen LogP) is 2.61. The lowest BCUT2D eigenvalue weighted by Crippen LogP contribution is -2.04. The first-order chi connectivity index (χ1) is 9.19. The van der Waals surface area contributed by atoms with Gasteiger partial charge in [0.2, 0.25) is 0 Å². The standard InChI is InChI=1S/C15H19NO3/c1-4-19-15(17)13-10-12(7-9-18-3)16-8-5-6-11(2)14(13)16/h5-6,8,10H,4,7,9H2,1-3H3. The van der Waals surface area contributed by atoms with Crippen LogP contribution in [0, 0.1) is 6.92 Å². The van der Waals surface area contributed by atoms with Gasteiger partial charge in [-0.05, 0) is 31.5 Å². The largest absolute Gasteiger partial charge is 0.462 e. The molecule has 0 atom stereocenters. The lowest BCUT2D eigenvalue weighted by Gasteiger charge is -2.05. The molecule has 2 aromatic heterocycles. The summed E-state index contributed by atoms with van der Waals surface area (Å²) >= 11 is 0. The minimum absolute atomic E-state index is 0.266. The molecule has 2 aromatic rings. The maximum atomic E-state index is 12.0. The van der Waals surface area contributed by atoms with Gasteiger partial charge < -0.3 is 13.9 Å². The highest BCUT2D eigenvalue weighted by Gasteiger charge is 2.17. The van der Waals surface area contributed by atoms with Crippen molar-refractivity contribution in [2.75, 3.05) is 20.3 Å². The van der Waals surface area contributed by atoms with E-state index in [9.17, 15) is 4.79 Å².